The van der Waals surface area contributed by atoms with Crippen molar-refractivity contribution in [2.24, 2.45) is 0 Å². The molecule has 0 aliphatic carbocycles. The van der Waals surface area contributed by atoms with Crippen LogP contribution in [0.25, 0.3) is 0 Å². The zero-order valence-electron chi connectivity index (χ0n) is 5.13. The molecule has 2 N–H and O–H groups in total. The van der Waals surface area contributed by atoms with Crippen molar-refractivity contribution in [3.8, 4) is 0 Å². The molecule has 0 radical (unpaired) electrons. The van der Waals surface area contributed by atoms with Gasteiger partial charge in [-0.2, -0.15) is 0 Å². The monoisotopic (exact) mass is 139 g/mol. The summed E-state index contributed by atoms with van der Waals surface area (Å²) in [5, 5.41) is 4.00. The zero-order chi connectivity index (χ0) is 6.69. The first-order chi connectivity index (χ1) is 4.34. The summed E-state index contributed by atoms with van der Waals surface area (Å²) in [6.45, 7) is 3.63. The average molecular weight is 139 g/mol. The van der Waals surface area contributed by atoms with E-state index in [0.29, 0.717) is 0 Å². The molecule has 1 aromatic heterocycles. The maximum absolute atomic E-state index is 5.59. The highest BCUT2D eigenvalue weighted by atomic mass is 32.1. The lowest BCUT2D eigenvalue weighted by molar-refractivity contribution is 1.31. The molecule has 1 nitrogen and oxygen atoms in total. The van der Waals surface area contributed by atoms with Gasteiger partial charge in [0.05, 0.1) is 0 Å². The van der Waals surface area contributed by atoms with Crippen LogP contribution in [-0.4, -0.2) is 0 Å². The van der Waals surface area contributed by atoms with Crippen molar-refractivity contribution in [2.45, 2.75) is 6.42 Å². The van der Waals surface area contributed by atoms with Crippen LogP contribution in [0.4, 0.5) is 5.69 Å². The maximum atomic E-state index is 5.59. The molecule has 0 aromatic carbocycles. The van der Waals surface area contributed by atoms with Crippen LogP contribution in [-0.2, 0) is 6.42 Å². The van der Waals surface area contributed by atoms with E-state index in [9.17, 15) is 0 Å². The van der Waals surface area contributed by atoms with Crippen LogP contribution < -0.4 is 5.73 Å². The smallest absolute Gasteiger partial charge is 0.0458 e. The predicted octanol–water partition coefficient (Wildman–Crippen LogP) is 2.06. The standard InChI is InChI=1S/C7H9NS/c1-2-3-6-4-9-5-7(6)8/h2,4-5H,1,3,8H2. The van der Waals surface area contributed by atoms with Gasteiger partial charge in [-0.25, -0.2) is 0 Å². The second-order valence-electron chi connectivity index (χ2n) is 1.85. The number of rotatable bonds is 2. The number of anilines is 1. The summed E-state index contributed by atoms with van der Waals surface area (Å²) >= 11 is 1.63. The first-order valence-electron chi connectivity index (χ1n) is 2.76. The van der Waals surface area contributed by atoms with Crippen molar-refractivity contribution in [2.75, 3.05) is 5.73 Å². The fourth-order valence-corrected chi connectivity index (χ4v) is 1.42. The van der Waals surface area contributed by atoms with E-state index in [1.54, 1.807) is 11.3 Å². The van der Waals surface area contributed by atoms with Gasteiger partial charge in [0.1, 0.15) is 0 Å². The third-order valence-corrected chi connectivity index (χ3v) is 1.95. The highest BCUT2D eigenvalue weighted by Gasteiger charge is 1.94. The van der Waals surface area contributed by atoms with Crippen LogP contribution in [0.5, 0.6) is 0 Å². The van der Waals surface area contributed by atoms with Crippen molar-refractivity contribution in [3.05, 3.63) is 29.0 Å². The van der Waals surface area contributed by atoms with Gasteiger partial charge >= 0.3 is 0 Å². The predicted molar refractivity (Wildman–Crippen MR) is 42.6 cm³/mol. The van der Waals surface area contributed by atoms with E-state index in [1.807, 2.05) is 11.5 Å². The molecule has 0 unspecified atom stereocenters. The van der Waals surface area contributed by atoms with Crippen molar-refractivity contribution in [1.29, 1.82) is 0 Å². The number of nitrogen functional groups attached to an aromatic ring is 1. The molecule has 0 amide bonds. The topological polar surface area (TPSA) is 26.0 Å². The Bertz CT molecular complexity index is 202. The number of hydrogen-bond donors (Lipinski definition) is 1. The van der Waals surface area contributed by atoms with Crippen LogP contribution in [0.15, 0.2) is 23.4 Å². The molecule has 0 aliphatic rings. The minimum absolute atomic E-state index is 0.884. The van der Waals surface area contributed by atoms with Gasteiger partial charge in [-0.1, -0.05) is 6.08 Å². The number of thiophene rings is 1. The third kappa shape index (κ3) is 1.33. The van der Waals surface area contributed by atoms with Crippen molar-refractivity contribution >= 4 is 17.0 Å². The molecular weight excluding hydrogens is 130 g/mol. The van der Waals surface area contributed by atoms with Crippen LogP contribution in [0.2, 0.25) is 0 Å². The minimum atomic E-state index is 0.884. The lowest BCUT2D eigenvalue weighted by atomic mass is 10.2. The summed E-state index contributed by atoms with van der Waals surface area (Å²) in [5.74, 6) is 0. The van der Waals surface area contributed by atoms with Crippen LogP contribution in [0, 0.1) is 0 Å². The molecule has 0 atom stereocenters. The first kappa shape index (κ1) is 6.36. The maximum Gasteiger partial charge on any atom is 0.0458 e. The second kappa shape index (κ2) is 2.69. The fraction of sp³-hybridized carbons (Fsp3) is 0.143. The molecule has 0 fully saturated rings. The molecule has 48 valence electrons. The van der Waals surface area contributed by atoms with Gasteiger partial charge in [0.2, 0.25) is 0 Å². The van der Waals surface area contributed by atoms with E-state index >= 15 is 0 Å². The van der Waals surface area contributed by atoms with E-state index in [1.165, 1.54) is 5.56 Å². The molecule has 0 saturated heterocycles. The largest absolute Gasteiger partial charge is 0.398 e. The van der Waals surface area contributed by atoms with Crippen molar-refractivity contribution in [1.82, 2.24) is 0 Å². The highest BCUT2D eigenvalue weighted by Crippen LogP contribution is 2.17. The van der Waals surface area contributed by atoms with E-state index in [0.717, 1.165) is 12.1 Å². The Labute approximate surface area is 58.8 Å². The van der Waals surface area contributed by atoms with Crippen molar-refractivity contribution < 1.29 is 0 Å². The van der Waals surface area contributed by atoms with Gasteiger partial charge in [0, 0.05) is 11.1 Å². The summed E-state index contributed by atoms with van der Waals surface area (Å²) < 4.78 is 0. The van der Waals surface area contributed by atoms with Gasteiger partial charge in [0.15, 0.2) is 0 Å². The highest BCUT2D eigenvalue weighted by molar-refractivity contribution is 7.08. The molecular formula is C7H9NS. The SMILES string of the molecule is C=CCc1cscc1N. The molecule has 9 heavy (non-hydrogen) atoms. The second-order valence-corrected chi connectivity index (χ2v) is 2.59. The van der Waals surface area contributed by atoms with Gasteiger partial charge in [-0.3, -0.25) is 0 Å². The van der Waals surface area contributed by atoms with E-state index < -0.39 is 0 Å². The van der Waals surface area contributed by atoms with E-state index in [-0.39, 0.29) is 0 Å². The molecule has 0 saturated carbocycles. The van der Waals surface area contributed by atoms with Gasteiger partial charge in [-0.05, 0) is 17.4 Å². The Kier molecular flexibility index (Phi) is 1.90. The summed E-state index contributed by atoms with van der Waals surface area (Å²) in [6, 6.07) is 0. The van der Waals surface area contributed by atoms with E-state index in [2.05, 4.69) is 12.0 Å². The van der Waals surface area contributed by atoms with Gasteiger partial charge in [0.25, 0.3) is 0 Å². The first-order valence-corrected chi connectivity index (χ1v) is 3.70. The Morgan fingerprint density at radius 2 is 2.44 bits per heavy atom. The van der Waals surface area contributed by atoms with Gasteiger partial charge in [-0.15, -0.1) is 17.9 Å². The zero-order valence-corrected chi connectivity index (χ0v) is 5.95. The summed E-state index contributed by atoms with van der Waals surface area (Å²) in [7, 11) is 0. The van der Waals surface area contributed by atoms with E-state index in [4.69, 9.17) is 5.73 Å². The minimum Gasteiger partial charge on any atom is -0.398 e. The molecule has 0 aliphatic heterocycles. The molecule has 1 heterocycles. The Hall–Kier alpha value is -0.760. The fourth-order valence-electron chi connectivity index (χ4n) is 0.655. The number of hydrogen-bond acceptors (Lipinski definition) is 2. The lowest BCUT2D eigenvalue weighted by Gasteiger charge is -1.89. The molecule has 1 rings (SSSR count). The quantitative estimate of drug-likeness (QED) is 0.623. The van der Waals surface area contributed by atoms with Crippen LogP contribution in [0.3, 0.4) is 0 Å². The molecule has 0 bridgehead atoms. The third-order valence-electron chi connectivity index (χ3n) is 1.14. The molecule has 1 aromatic rings. The Morgan fingerprint density at radius 3 is 2.89 bits per heavy atom. The van der Waals surface area contributed by atoms with Crippen molar-refractivity contribution in [3.63, 3.8) is 0 Å². The number of nitrogens with two attached hydrogens (primary N) is 1. The number of allylic oxidation sites excluding steroid dienone is 1. The average Bonchev–Trinajstić information content (AvgIpc) is 2.18. The molecule has 2 heteroatoms. The Morgan fingerprint density at radius 1 is 1.67 bits per heavy atom. The lowest BCUT2D eigenvalue weighted by Crippen LogP contribution is -1.86. The molecule has 0 spiro atoms. The summed E-state index contributed by atoms with van der Waals surface area (Å²) in [5.41, 5.74) is 7.67. The summed E-state index contributed by atoms with van der Waals surface area (Å²) in [6.07, 6.45) is 2.74. The van der Waals surface area contributed by atoms with Gasteiger partial charge < -0.3 is 5.73 Å². The van der Waals surface area contributed by atoms with Crippen LogP contribution in [0.1, 0.15) is 5.56 Å². The Balaban J connectivity index is 2.80. The normalized spacial score (nSPS) is 9.33. The van der Waals surface area contributed by atoms with Crippen LogP contribution >= 0.6 is 11.3 Å². The summed E-state index contributed by atoms with van der Waals surface area (Å²) in [4.78, 5) is 0.